The summed E-state index contributed by atoms with van der Waals surface area (Å²) >= 11 is 0. The quantitative estimate of drug-likeness (QED) is 0.395. The highest BCUT2D eigenvalue weighted by Crippen LogP contribution is 2.21. The molecule has 152 valence electrons. The van der Waals surface area contributed by atoms with E-state index in [1.165, 1.54) is 6.21 Å². The average Bonchev–Trinajstić information content (AvgIpc) is 2.75. The molecule has 0 bridgehead atoms. The third-order valence-electron chi connectivity index (χ3n) is 5.08. The van der Waals surface area contributed by atoms with Gasteiger partial charge in [0.05, 0.1) is 24.0 Å². The first-order valence-electron chi connectivity index (χ1n) is 9.58. The number of benzene rings is 2. The number of hydrogen-bond acceptors (Lipinski definition) is 6. The number of pyridine rings is 1. The van der Waals surface area contributed by atoms with E-state index in [1.807, 2.05) is 60.5 Å². The van der Waals surface area contributed by atoms with Gasteiger partial charge in [-0.2, -0.15) is 5.10 Å². The molecule has 1 saturated heterocycles. The minimum Gasteiger partial charge on any atom is -0.323 e. The molecule has 3 aromatic rings. The number of hydrazone groups is 1. The maximum atomic E-state index is 12.4. The first kappa shape index (κ1) is 19.5. The Labute approximate surface area is 173 Å². The number of aromatic amines is 1. The fourth-order valence-electron chi connectivity index (χ4n) is 3.43. The maximum Gasteiger partial charge on any atom is 0.258 e. The number of fused-ring (bicyclic) bond motifs is 1. The molecule has 1 aliphatic rings. The van der Waals surface area contributed by atoms with Gasteiger partial charge in [0.15, 0.2) is 0 Å². The van der Waals surface area contributed by atoms with Crippen LogP contribution in [0.2, 0.25) is 0 Å². The monoisotopic (exact) mass is 402 g/mol. The van der Waals surface area contributed by atoms with E-state index in [0.717, 1.165) is 23.1 Å². The number of nitrogens with two attached hydrogens (primary N) is 1. The molecule has 8 heteroatoms. The average molecular weight is 402 g/mol. The summed E-state index contributed by atoms with van der Waals surface area (Å²) in [6.45, 7) is 1.91. The molecule has 0 radical (unpaired) electrons. The van der Waals surface area contributed by atoms with Gasteiger partial charge in [-0.25, -0.2) is 0 Å². The zero-order valence-electron chi connectivity index (χ0n) is 16.6. The van der Waals surface area contributed by atoms with Crippen LogP contribution in [0, 0.1) is 0 Å². The lowest BCUT2D eigenvalue weighted by Crippen LogP contribution is -2.48. The Balaban J connectivity index is 1.55. The number of amides is 1. The number of para-hydroxylation sites is 1. The van der Waals surface area contributed by atoms with Crippen molar-refractivity contribution in [2.24, 2.45) is 15.9 Å². The molecule has 1 aliphatic heterocycles. The van der Waals surface area contributed by atoms with Crippen LogP contribution in [0.4, 0.5) is 11.4 Å². The number of H-pyrrole nitrogens is 1. The number of nitrogens with zero attached hydrogens (tertiary/aromatic N) is 4. The summed E-state index contributed by atoms with van der Waals surface area (Å²) in [5, 5.41) is 4.62. The number of aliphatic imine (C=N–C) groups is 1. The Morgan fingerprint density at radius 2 is 1.87 bits per heavy atom. The minimum absolute atomic E-state index is 0.0769. The van der Waals surface area contributed by atoms with Crippen LogP contribution in [0.5, 0.6) is 0 Å². The van der Waals surface area contributed by atoms with Crippen LogP contribution in [-0.4, -0.2) is 54.4 Å². The maximum absolute atomic E-state index is 12.4. The summed E-state index contributed by atoms with van der Waals surface area (Å²) in [5.74, 6) is 5.60. The van der Waals surface area contributed by atoms with Gasteiger partial charge >= 0.3 is 0 Å². The highest BCUT2D eigenvalue weighted by molar-refractivity contribution is 6.38. The Kier molecular flexibility index (Phi) is 5.40. The largest absolute Gasteiger partial charge is 0.323 e. The highest BCUT2D eigenvalue weighted by atomic mass is 16.2. The van der Waals surface area contributed by atoms with Crippen molar-refractivity contribution in [3.8, 4) is 0 Å². The van der Waals surface area contributed by atoms with Crippen molar-refractivity contribution >= 4 is 40.1 Å². The van der Waals surface area contributed by atoms with Gasteiger partial charge in [0.2, 0.25) is 5.91 Å². The Morgan fingerprint density at radius 3 is 2.60 bits per heavy atom. The van der Waals surface area contributed by atoms with Crippen LogP contribution in [0.15, 0.2) is 69.5 Å². The molecular weight excluding hydrogens is 380 g/mol. The third-order valence-corrected chi connectivity index (χ3v) is 5.08. The minimum atomic E-state index is -0.284. The van der Waals surface area contributed by atoms with Crippen molar-refractivity contribution in [1.29, 1.82) is 0 Å². The van der Waals surface area contributed by atoms with Gasteiger partial charge in [-0.15, -0.1) is 0 Å². The van der Waals surface area contributed by atoms with Crippen molar-refractivity contribution in [3.05, 3.63) is 70.5 Å². The molecule has 30 heavy (non-hydrogen) atoms. The molecule has 0 atom stereocenters. The lowest BCUT2D eigenvalue weighted by Gasteiger charge is -2.32. The van der Waals surface area contributed by atoms with Gasteiger partial charge < -0.3 is 15.7 Å². The second kappa shape index (κ2) is 8.30. The van der Waals surface area contributed by atoms with Gasteiger partial charge in [0.1, 0.15) is 5.71 Å². The van der Waals surface area contributed by atoms with Crippen molar-refractivity contribution in [3.63, 3.8) is 0 Å². The first-order chi connectivity index (χ1) is 14.5. The molecule has 0 spiro atoms. The van der Waals surface area contributed by atoms with E-state index in [0.29, 0.717) is 24.3 Å². The van der Waals surface area contributed by atoms with Gasteiger partial charge in [0.25, 0.3) is 5.56 Å². The van der Waals surface area contributed by atoms with E-state index in [-0.39, 0.29) is 17.2 Å². The molecule has 8 nitrogen and oxygen atoms in total. The fourth-order valence-corrected chi connectivity index (χ4v) is 3.43. The molecule has 1 amide bonds. The second-order valence-electron chi connectivity index (χ2n) is 7.17. The van der Waals surface area contributed by atoms with Crippen LogP contribution in [0.25, 0.3) is 10.9 Å². The number of nitrogens with one attached hydrogen (secondary N) is 1. The first-order valence-corrected chi connectivity index (χ1v) is 9.58. The van der Waals surface area contributed by atoms with Crippen molar-refractivity contribution in [2.75, 3.05) is 31.6 Å². The van der Waals surface area contributed by atoms with Crippen LogP contribution in [-0.2, 0) is 4.79 Å². The van der Waals surface area contributed by atoms with E-state index >= 15 is 0 Å². The molecule has 0 unspecified atom stereocenters. The number of likely N-dealkylation sites (N-methyl/N-ethyl adjacent to an activating group) is 1. The number of carbonyl (C=O) groups is 1. The summed E-state index contributed by atoms with van der Waals surface area (Å²) in [5.41, 5.74) is 2.59. The summed E-state index contributed by atoms with van der Waals surface area (Å²) < 4.78 is 0. The van der Waals surface area contributed by atoms with E-state index in [2.05, 4.69) is 15.1 Å². The summed E-state index contributed by atoms with van der Waals surface area (Å²) in [6, 6.07) is 16.6. The summed E-state index contributed by atoms with van der Waals surface area (Å²) in [7, 11) is 1.93. The highest BCUT2D eigenvalue weighted by Gasteiger charge is 2.22. The second-order valence-corrected chi connectivity index (χ2v) is 7.17. The smallest absolute Gasteiger partial charge is 0.258 e. The molecule has 3 N–H and O–H groups in total. The molecule has 0 aliphatic carbocycles. The number of hydrogen-bond donors (Lipinski definition) is 2. The molecule has 1 fully saturated rings. The van der Waals surface area contributed by atoms with Gasteiger partial charge in [0, 0.05) is 24.3 Å². The zero-order valence-corrected chi connectivity index (χ0v) is 16.6. The van der Waals surface area contributed by atoms with Crippen LogP contribution < -0.4 is 16.3 Å². The van der Waals surface area contributed by atoms with Gasteiger partial charge in [-0.3, -0.25) is 19.5 Å². The van der Waals surface area contributed by atoms with E-state index in [9.17, 15) is 9.59 Å². The van der Waals surface area contributed by atoms with Crippen LogP contribution >= 0.6 is 0 Å². The van der Waals surface area contributed by atoms with E-state index < -0.39 is 0 Å². The van der Waals surface area contributed by atoms with Crippen LogP contribution in [0.1, 0.15) is 5.56 Å². The molecule has 0 saturated carbocycles. The fraction of sp³-hybridized carbons (Fsp3) is 0.182. The molecule has 1 aromatic heterocycles. The predicted molar refractivity (Wildman–Crippen MR) is 120 cm³/mol. The standard InChI is InChI=1S/C22H22N6O2/c1-27-10-11-28(21(29)14-27)17-8-6-16(7-9-17)24-13-20(26-23)18-12-15-4-2-3-5-19(15)25-22(18)30/h2-9,12-13H,10-11,14,23H2,1H3,(H,25,30). The lowest BCUT2D eigenvalue weighted by molar-refractivity contribution is -0.120. The number of carbonyl (C=O) groups excluding carboxylic acids is 1. The predicted octanol–water partition coefficient (Wildman–Crippen LogP) is 1.87. The van der Waals surface area contributed by atoms with Crippen molar-refractivity contribution < 1.29 is 4.79 Å². The summed E-state index contributed by atoms with van der Waals surface area (Å²) in [6.07, 6.45) is 1.47. The number of rotatable bonds is 4. The lowest BCUT2D eigenvalue weighted by atomic mass is 10.1. The van der Waals surface area contributed by atoms with Gasteiger partial charge in [-0.05, 0) is 48.8 Å². The van der Waals surface area contributed by atoms with Crippen molar-refractivity contribution in [2.45, 2.75) is 0 Å². The normalized spacial score (nSPS) is 16.0. The third kappa shape index (κ3) is 3.99. The molecule has 4 rings (SSSR count). The topological polar surface area (TPSA) is 107 Å². The zero-order chi connectivity index (χ0) is 21.1. The van der Waals surface area contributed by atoms with E-state index in [1.54, 1.807) is 11.0 Å². The van der Waals surface area contributed by atoms with Crippen molar-refractivity contribution in [1.82, 2.24) is 9.88 Å². The number of anilines is 1. The summed E-state index contributed by atoms with van der Waals surface area (Å²) in [4.78, 5) is 35.6. The van der Waals surface area contributed by atoms with E-state index in [4.69, 9.17) is 5.84 Å². The number of aromatic nitrogens is 1. The van der Waals surface area contributed by atoms with Crippen LogP contribution in [0.3, 0.4) is 0 Å². The Morgan fingerprint density at radius 1 is 1.10 bits per heavy atom. The molecule has 2 aromatic carbocycles. The molecular formula is C22H22N6O2. The van der Waals surface area contributed by atoms with Gasteiger partial charge in [-0.1, -0.05) is 18.2 Å². The Bertz CT molecular complexity index is 1200. The molecule has 2 heterocycles. The number of piperazine rings is 1. The Hall–Kier alpha value is -3.78. The SMILES string of the molecule is CN1CCN(c2ccc(N=CC(=NN)c3cc4ccccc4[nH]c3=O)cc2)C(=O)C1.